The molecule has 0 radical (unpaired) electrons. The number of nitrogens with zero attached hydrogens (tertiary/aromatic N) is 1. The van der Waals surface area contributed by atoms with Gasteiger partial charge in [0.25, 0.3) is 5.56 Å². The summed E-state index contributed by atoms with van der Waals surface area (Å²) in [5, 5.41) is 4.52. The van der Waals surface area contributed by atoms with Crippen molar-refractivity contribution in [3.8, 4) is 0 Å². The monoisotopic (exact) mass is 361 g/mol. The van der Waals surface area contributed by atoms with Crippen LogP contribution in [0.2, 0.25) is 0 Å². The molecule has 4 aromatic rings. The van der Waals surface area contributed by atoms with Crippen molar-refractivity contribution < 1.29 is 9.18 Å². The summed E-state index contributed by atoms with van der Waals surface area (Å²) < 4.78 is 13.3. The highest BCUT2D eigenvalue weighted by Crippen LogP contribution is 2.21. The molecule has 27 heavy (non-hydrogen) atoms. The van der Waals surface area contributed by atoms with Crippen molar-refractivity contribution >= 4 is 33.4 Å². The van der Waals surface area contributed by atoms with Crippen molar-refractivity contribution in [2.75, 3.05) is 5.32 Å². The molecule has 0 bridgehead atoms. The lowest BCUT2D eigenvalue weighted by Crippen LogP contribution is -2.17. The molecule has 0 saturated carbocycles. The van der Waals surface area contributed by atoms with E-state index >= 15 is 0 Å². The number of para-hydroxylation sites is 1. The van der Waals surface area contributed by atoms with Gasteiger partial charge in [-0.1, -0.05) is 18.2 Å². The standard InChI is InChI=1S/C21H16FN3O2/c22-16-8-6-14-11-15(21(27)25-18(14)12-16)7-9-19(26)24-17-5-1-3-13-4-2-10-23-20(13)17/h1-6,8,10-12H,7,9H2,(H,24,26)(H,25,27). The van der Waals surface area contributed by atoms with E-state index in [1.807, 2.05) is 24.3 Å². The van der Waals surface area contributed by atoms with Gasteiger partial charge in [-0.3, -0.25) is 14.6 Å². The van der Waals surface area contributed by atoms with Crippen LogP contribution in [0, 0.1) is 5.82 Å². The topological polar surface area (TPSA) is 74.8 Å². The van der Waals surface area contributed by atoms with E-state index in [0.717, 1.165) is 16.3 Å². The Bertz CT molecular complexity index is 1210. The zero-order valence-electron chi connectivity index (χ0n) is 14.3. The number of fused-ring (bicyclic) bond motifs is 2. The summed E-state index contributed by atoms with van der Waals surface area (Å²) in [5.41, 5.74) is 1.97. The Morgan fingerprint density at radius 1 is 1.07 bits per heavy atom. The van der Waals surface area contributed by atoms with Crippen LogP contribution >= 0.6 is 0 Å². The average molecular weight is 361 g/mol. The summed E-state index contributed by atoms with van der Waals surface area (Å²) in [6, 6.07) is 15.3. The van der Waals surface area contributed by atoms with Gasteiger partial charge in [-0.25, -0.2) is 4.39 Å². The predicted octanol–water partition coefficient (Wildman–Crippen LogP) is 3.79. The summed E-state index contributed by atoms with van der Waals surface area (Å²) in [5.74, 6) is -0.610. The van der Waals surface area contributed by atoms with Gasteiger partial charge in [0.15, 0.2) is 0 Å². The molecule has 0 aliphatic heterocycles. The molecule has 0 atom stereocenters. The number of rotatable bonds is 4. The molecule has 6 heteroatoms. The van der Waals surface area contributed by atoms with Crippen molar-refractivity contribution in [1.29, 1.82) is 0 Å². The first-order valence-corrected chi connectivity index (χ1v) is 8.55. The highest BCUT2D eigenvalue weighted by Gasteiger charge is 2.09. The molecule has 2 aromatic heterocycles. The minimum absolute atomic E-state index is 0.152. The van der Waals surface area contributed by atoms with Crippen molar-refractivity contribution in [1.82, 2.24) is 9.97 Å². The van der Waals surface area contributed by atoms with E-state index in [1.165, 1.54) is 12.1 Å². The van der Waals surface area contributed by atoms with Crippen LogP contribution in [0.3, 0.4) is 0 Å². The molecule has 0 aliphatic carbocycles. The lowest BCUT2D eigenvalue weighted by atomic mass is 10.1. The van der Waals surface area contributed by atoms with E-state index in [0.29, 0.717) is 16.8 Å². The normalized spacial score (nSPS) is 11.0. The number of anilines is 1. The van der Waals surface area contributed by atoms with E-state index in [9.17, 15) is 14.0 Å². The van der Waals surface area contributed by atoms with E-state index in [4.69, 9.17) is 0 Å². The predicted molar refractivity (Wildman–Crippen MR) is 103 cm³/mol. The Labute approximate surface area is 153 Å². The third kappa shape index (κ3) is 3.55. The number of carbonyl (C=O) groups is 1. The molecule has 0 spiro atoms. The van der Waals surface area contributed by atoms with Gasteiger partial charge in [0.1, 0.15) is 5.82 Å². The number of nitrogens with one attached hydrogen (secondary N) is 2. The van der Waals surface area contributed by atoms with E-state index in [1.54, 1.807) is 24.4 Å². The first kappa shape index (κ1) is 16.9. The van der Waals surface area contributed by atoms with E-state index in [2.05, 4.69) is 15.3 Å². The van der Waals surface area contributed by atoms with Gasteiger partial charge in [-0.05, 0) is 48.2 Å². The number of amides is 1. The second-order valence-corrected chi connectivity index (χ2v) is 6.28. The highest BCUT2D eigenvalue weighted by molar-refractivity contribution is 6.00. The van der Waals surface area contributed by atoms with Gasteiger partial charge in [0.05, 0.1) is 16.7 Å². The number of aryl methyl sites for hydroxylation is 1. The van der Waals surface area contributed by atoms with Crippen LogP contribution in [0.5, 0.6) is 0 Å². The zero-order chi connectivity index (χ0) is 18.8. The molecular weight excluding hydrogens is 345 g/mol. The number of hydrogen-bond acceptors (Lipinski definition) is 3. The fourth-order valence-electron chi connectivity index (χ4n) is 3.07. The van der Waals surface area contributed by atoms with Crippen molar-refractivity contribution in [3.05, 3.63) is 82.5 Å². The minimum atomic E-state index is -0.408. The fourth-order valence-corrected chi connectivity index (χ4v) is 3.07. The van der Waals surface area contributed by atoms with Crippen LogP contribution in [-0.4, -0.2) is 15.9 Å². The first-order valence-electron chi connectivity index (χ1n) is 8.55. The highest BCUT2D eigenvalue weighted by atomic mass is 19.1. The Balaban J connectivity index is 1.51. The van der Waals surface area contributed by atoms with Gasteiger partial charge < -0.3 is 10.3 Å². The smallest absolute Gasteiger partial charge is 0.251 e. The van der Waals surface area contributed by atoms with Crippen LogP contribution in [0.1, 0.15) is 12.0 Å². The van der Waals surface area contributed by atoms with E-state index in [-0.39, 0.29) is 24.3 Å². The number of aromatic amines is 1. The minimum Gasteiger partial charge on any atom is -0.324 e. The van der Waals surface area contributed by atoms with Gasteiger partial charge in [-0.2, -0.15) is 0 Å². The van der Waals surface area contributed by atoms with Crippen molar-refractivity contribution in [2.24, 2.45) is 0 Å². The number of halogens is 1. The molecule has 2 aromatic carbocycles. The number of H-pyrrole nitrogens is 1. The summed E-state index contributed by atoms with van der Waals surface area (Å²) in [4.78, 5) is 31.5. The van der Waals surface area contributed by atoms with Crippen LogP contribution in [-0.2, 0) is 11.2 Å². The van der Waals surface area contributed by atoms with Gasteiger partial charge in [0.2, 0.25) is 5.91 Å². The van der Waals surface area contributed by atoms with Crippen LogP contribution in [0.25, 0.3) is 21.8 Å². The Morgan fingerprint density at radius 3 is 2.81 bits per heavy atom. The van der Waals surface area contributed by atoms with Crippen LogP contribution in [0.15, 0.2) is 65.6 Å². The SMILES string of the molecule is O=C(CCc1cc2ccc(F)cc2[nH]c1=O)Nc1cccc2cccnc12. The second-order valence-electron chi connectivity index (χ2n) is 6.28. The lowest BCUT2D eigenvalue weighted by molar-refractivity contribution is -0.116. The number of aromatic nitrogens is 2. The second kappa shape index (κ2) is 6.99. The maximum Gasteiger partial charge on any atom is 0.251 e. The summed E-state index contributed by atoms with van der Waals surface area (Å²) in [7, 11) is 0. The number of hydrogen-bond donors (Lipinski definition) is 2. The third-order valence-corrected chi connectivity index (χ3v) is 4.41. The van der Waals surface area contributed by atoms with E-state index < -0.39 is 5.82 Å². The molecule has 1 amide bonds. The Hall–Kier alpha value is -3.54. The quantitative estimate of drug-likeness (QED) is 0.581. The summed E-state index contributed by atoms with van der Waals surface area (Å²) in [6.07, 6.45) is 2.11. The molecular formula is C21H16FN3O2. The molecule has 0 aliphatic rings. The van der Waals surface area contributed by atoms with Gasteiger partial charge in [-0.15, -0.1) is 0 Å². The zero-order valence-corrected chi connectivity index (χ0v) is 14.3. The fraction of sp³-hybridized carbons (Fsp3) is 0.0952. The average Bonchev–Trinajstić information content (AvgIpc) is 2.67. The number of benzene rings is 2. The molecule has 0 fully saturated rings. The number of pyridine rings is 2. The van der Waals surface area contributed by atoms with Gasteiger partial charge in [0, 0.05) is 23.6 Å². The lowest BCUT2D eigenvalue weighted by Gasteiger charge is -2.08. The maximum atomic E-state index is 13.3. The largest absolute Gasteiger partial charge is 0.324 e. The maximum absolute atomic E-state index is 13.3. The molecule has 5 nitrogen and oxygen atoms in total. The number of carbonyl (C=O) groups excluding carboxylic acids is 1. The Kier molecular flexibility index (Phi) is 4.38. The Morgan fingerprint density at radius 2 is 1.93 bits per heavy atom. The molecule has 0 unspecified atom stereocenters. The van der Waals surface area contributed by atoms with Gasteiger partial charge >= 0.3 is 0 Å². The van der Waals surface area contributed by atoms with Crippen molar-refractivity contribution in [2.45, 2.75) is 12.8 Å². The molecule has 4 rings (SSSR count). The van der Waals surface area contributed by atoms with Crippen LogP contribution < -0.4 is 10.9 Å². The molecule has 0 saturated heterocycles. The van der Waals surface area contributed by atoms with Crippen LogP contribution in [0.4, 0.5) is 10.1 Å². The van der Waals surface area contributed by atoms with Crippen molar-refractivity contribution in [3.63, 3.8) is 0 Å². The summed E-state index contributed by atoms with van der Waals surface area (Å²) in [6.45, 7) is 0. The molecule has 134 valence electrons. The molecule has 2 N–H and O–H groups in total. The summed E-state index contributed by atoms with van der Waals surface area (Å²) >= 11 is 0. The first-order chi connectivity index (χ1) is 13.1. The molecule has 2 heterocycles. The third-order valence-electron chi connectivity index (χ3n) is 4.41.